The fourth-order valence-electron chi connectivity index (χ4n) is 2.51. The number of hydrogen-bond donors (Lipinski definition) is 2. The van der Waals surface area contributed by atoms with E-state index in [0.29, 0.717) is 25.7 Å². The lowest BCUT2D eigenvalue weighted by molar-refractivity contribution is -0.0191. The van der Waals surface area contributed by atoms with E-state index in [1.807, 2.05) is 0 Å². The van der Waals surface area contributed by atoms with Gasteiger partial charge in [-0.15, -0.1) is 12.4 Å². The molecule has 0 amide bonds. The molecule has 1 aromatic rings. The predicted molar refractivity (Wildman–Crippen MR) is 79.3 cm³/mol. The third-order valence-corrected chi connectivity index (χ3v) is 3.95. The number of ether oxygens (including phenoxy) is 1. The minimum absolute atomic E-state index is 0. The molecule has 114 valence electrons. The van der Waals surface area contributed by atoms with E-state index in [-0.39, 0.29) is 18.2 Å². The first-order chi connectivity index (χ1) is 9.11. The van der Waals surface area contributed by atoms with Crippen LogP contribution >= 0.6 is 12.4 Å². The highest BCUT2D eigenvalue weighted by Gasteiger charge is 2.31. The van der Waals surface area contributed by atoms with Gasteiger partial charge in [0, 0.05) is 13.2 Å². The second-order valence-corrected chi connectivity index (χ2v) is 5.51. The molecule has 0 saturated heterocycles. The lowest BCUT2D eigenvalue weighted by Crippen LogP contribution is -2.41. The van der Waals surface area contributed by atoms with E-state index >= 15 is 0 Å². The Morgan fingerprint density at radius 3 is 2.40 bits per heavy atom. The molecule has 3 nitrogen and oxygen atoms in total. The lowest BCUT2D eigenvalue weighted by atomic mass is 9.79. The number of rotatable bonds is 5. The first-order valence-corrected chi connectivity index (χ1v) is 6.86. The van der Waals surface area contributed by atoms with Crippen molar-refractivity contribution in [1.82, 2.24) is 0 Å². The van der Waals surface area contributed by atoms with Gasteiger partial charge in [-0.25, -0.2) is 4.39 Å². The Balaban J connectivity index is 0.00000200. The third kappa shape index (κ3) is 5.02. The summed E-state index contributed by atoms with van der Waals surface area (Å²) < 4.78 is 18.4. The number of hydrogen-bond acceptors (Lipinski definition) is 3. The van der Waals surface area contributed by atoms with Crippen LogP contribution in [0, 0.1) is 11.7 Å². The first-order valence-electron chi connectivity index (χ1n) is 6.86. The van der Waals surface area contributed by atoms with Gasteiger partial charge in [-0.1, -0.05) is 12.1 Å². The standard InChI is InChI=1S/C15H22FNO2.ClH/c16-14-3-1-12(2-4-14)9-19-10-13-5-7-15(18,11-17)8-6-13;/h1-4,13,18H,5-11,17H2;1H. The van der Waals surface area contributed by atoms with Crippen molar-refractivity contribution in [1.29, 1.82) is 0 Å². The van der Waals surface area contributed by atoms with Gasteiger partial charge in [0.2, 0.25) is 0 Å². The molecule has 1 aromatic carbocycles. The van der Waals surface area contributed by atoms with Crippen LogP contribution in [0.5, 0.6) is 0 Å². The molecule has 5 heteroatoms. The zero-order chi connectivity index (χ0) is 13.7. The summed E-state index contributed by atoms with van der Waals surface area (Å²) in [6.07, 6.45) is 3.43. The molecule has 0 aromatic heterocycles. The maximum atomic E-state index is 12.7. The number of nitrogens with two attached hydrogens (primary N) is 1. The van der Waals surface area contributed by atoms with Crippen LogP contribution in [0.1, 0.15) is 31.2 Å². The summed E-state index contributed by atoms with van der Waals surface area (Å²) in [7, 11) is 0. The first kappa shape index (κ1) is 17.4. The Hall–Kier alpha value is -0.680. The van der Waals surface area contributed by atoms with E-state index in [0.717, 1.165) is 31.2 Å². The number of halogens is 2. The number of benzene rings is 1. The largest absolute Gasteiger partial charge is 0.389 e. The van der Waals surface area contributed by atoms with Gasteiger partial charge in [0.05, 0.1) is 12.2 Å². The van der Waals surface area contributed by atoms with Gasteiger partial charge in [-0.2, -0.15) is 0 Å². The van der Waals surface area contributed by atoms with Gasteiger partial charge in [-0.05, 0) is 49.3 Å². The van der Waals surface area contributed by atoms with E-state index in [2.05, 4.69) is 0 Å². The maximum Gasteiger partial charge on any atom is 0.123 e. The zero-order valence-electron chi connectivity index (χ0n) is 11.6. The van der Waals surface area contributed by atoms with Crippen molar-refractivity contribution in [3.8, 4) is 0 Å². The molecule has 1 aliphatic carbocycles. The Morgan fingerprint density at radius 1 is 1.25 bits per heavy atom. The van der Waals surface area contributed by atoms with Crippen LogP contribution in [0.25, 0.3) is 0 Å². The van der Waals surface area contributed by atoms with Crippen LogP contribution in [-0.4, -0.2) is 23.9 Å². The summed E-state index contributed by atoms with van der Waals surface area (Å²) in [6.45, 7) is 1.55. The van der Waals surface area contributed by atoms with Crippen molar-refractivity contribution in [3.63, 3.8) is 0 Å². The zero-order valence-corrected chi connectivity index (χ0v) is 12.4. The van der Waals surface area contributed by atoms with Crippen molar-refractivity contribution >= 4 is 12.4 Å². The monoisotopic (exact) mass is 303 g/mol. The van der Waals surface area contributed by atoms with Crippen molar-refractivity contribution in [3.05, 3.63) is 35.6 Å². The SMILES string of the molecule is Cl.NCC1(O)CCC(COCc2ccc(F)cc2)CC1. The molecule has 2 rings (SSSR count). The molecule has 20 heavy (non-hydrogen) atoms. The quantitative estimate of drug-likeness (QED) is 0.879. The fraction of sp³-hybridized carbons (Fsp3) is 0.600. The van der Waals surface area contributed by atoms with Gasteiger partial charge in [0.25, 0.3) is 0 Å². The molecule has 0 unspecified atom stereocenters. The van der Waals surface area contributed by atoms with Crippen molar-refractivity contribution in [2.75, 3.05) is 13.2 Å². The summed E-state index contributed by atoms with van der Waals surface area (Å²) in [5.74, 6) is 0.268. The smallest absolute Gasteiger partial charge is 0.123 e. The van der Waals surface area contributed by atoms with Crippen LogP contribution in [0.3, 0.4) is 0 Å². The second kappa shape index (κ2) is 7.93. The van der Waals surface area contributed by atoms with Crippen LogP contribution < -0.4 is 5.73 Å². The van der Waals surface area contributed by atoms with Crippen LogP contribution in [0.4, 0.5) is 4.39 Å². The van der Waals surface area contributed by atoms with Gasteiger partial charge >= 0.3 is 0 Å². The Labute approximate surface area is 125 Å². The summed E-state index contributed by atoms with van der Waals surface area (Å²) in [6, 6.07) is 6.37. The van der Waals surface area contributed by atoms with Crippen molar-refractivity contribution in [2.24, 2.45) is 11.7 Å². The topological polar surface area (TPSA) is 55.5 Å². The average molecular weight is 304 g/mol. The second-order valence-electron chi connectivity index (χ2n) is 5.51. The molecule has 1 saturated carbocycles. The summed E-state index contributed by atoms with van der Waals surface area (Å²) in [5.41, 5.74) is 5.88. The van der Waals surface area contributed by atoms with E-state index in [1.54, 1.807) is 12.1 Å². The van der Waals surface area contributed by atoms with E-state index in [4.69, 9.17) is 10.5 Å². The number of aliphatic hydroxyl groups is 1. The normalized spacial score (nSPS) is 26.1. The van der Waals surface area contributed by atoms with Gasteiger partial charge in [-0.3, -0.25) is 0 Å². The van der Waals surface area contributed by atoms with Crippen LogP contribution in [0.15, 0.2) is 24.3 Å². The highest BCUT2D eigenvalue weighted by atomic mass is 35.5. The van der Waals surface area contributed by atoms with Crippen molar-refractivity contribution < 1.29 is 14.2 Å². The average Bonchev–Trinajstić information content (AvgIpc) is 2.43. The van der Waals surface area contributed by atoms with Crippen LogP contribution in [-0.2, 0) is 11.3 Å². The summed E-state index contributed by atoms with van der Waals surface area (Å²) in [4.78, 5) is 0. The minimum Gasteiger partial charge on any atom is -0.389 e. The highest BCUT2D eigenvalue weighted by Crippen LogP contribution is 2.31. The maximum absolute atomic E-state index is 12.7. The van der Waals surface area contributed by atoms with Gasteiger partial charge < -0.3 is 15.6 Å². The minimum atomic E-state index is -0.659. The summed E-state index contributed by atoms with van der Waals surface area (Å²) in [5, 5.41) is 10.0. The molecule has 0 spiro atoms. The lowest BCUT2D eigenvalue weighted by Gasteiger charge is -2.34. The molecule has 0 heterocycles. The van der Waals surface area contributed by atoms with Gasteiger partial charge in [0.15, 0.2) is 0 Å². The predicted octanol–water partition coefficient (Wildman–Crippen LogP) is 2.64. The molecule has 0 bridgehead atoms. The molecule has 1 aliphatic rings. The molecule has 0 aliphatic heterocycles. The molecular formula is C15H23ClFNO2. The molecule has 1 fully saturated rings. The molecule has 0 radical (unpaired) electrons. The van der Waals surface area contributed by atoms with E-state index in [1.165, 1.54) is 12.1 Å². The highest BCUT2D eigenvalue weighted by molar-refractivity contribution is 5.85. The van der Waals surface area contributed by atoms with E-state index < -0.39 is 5.60 Å². The molecule has 3 N–H and O–H groups in total. The Kier molecular flexibility index (Phi) is 6.89. The fourth-order valence-corrected chi connectivity index (χ4v) is 2.51. The Bertz CT molecular complexity index is 391. The molecule has 0 atom stereocenters. The summed E-state index contributed by atoms with van der Waals surface area (Å²) >= 11 is 0. The van der Waals surface area contributed by atoms with E-state index in [9.17, 15) is 9.50 Å². The van der Waals surface area contributed by atoms with Crippen LogP contribution in [0.2, 0.25) is 0 Å². The van der Waals surface area contributed by atoms with Gasteiger partial charge in [0.1, 0.15) is 5.82 Å². The third-order valence-electron chi connectivity index (χ3n) is 3.95. The molecular weight excluding hydrogens is 281 g/mol. The van der Waals surface area contributed by atoms with Crippen molar-refractivity contribution in [2.45, 2.75) is 37.9 Å². The Morgan fingerprint density at radius 2 is 1.85 bits per heavy atom.